The fraction of sp³-hybridized carbons (Fsp3) is 0.600. The topological polar surface area (TPSA) is 15.3 Å². The molecule has 0 bridgehead atoms. The van der Waals surface area contributed by atoms with Gasteiger partial charge in [0.25, 0.3) is 0 Å². The van der Waals surface area contributed by atoms with Crippen LogP contribution in [0.4, 0.5) is 15.8 Å². The Hall–Kier alpha value is -1.25. The molecule has 2 nitrogen and oxygen atoms in total. The molecule has 0 amide bonds. The number of nitrogens with one attached hydrogen (secondary N) is 1. The highest BCUT2D eigenvalue weighted by atomic mass is 19.1. The predicted octanol–water partition coefficient (Wildman–Crippen LogP) is 3.88. The lowest BCUT2D eigenvalue weighted by Crippen LogP contribution is -2.36. The van der Waals surface area contributed by atoms with E-state index < -0.39 is 0 Å². The Labute approximate surface area is 109 Å². The van der Waals surface area contributed by atoms with Crippen molar-refractivity contribution in [2.45, 2.75) is 33.6 Å². The molecule has 0 spiro atoms. The molecule has 0 unspecified atom stereocenters. The summed E-state index contributed by atoms with van der Waals surface area (Å²) in [4.78, 5) is 2.39. The van der Waals surface area contributed by atoms with E-state index in [-0.39, 0.29) is 11.2 Å². The van der Waals surface area contributed by atoms with Crippen molar-refractivity contribution in [2.75, 3.05) is 29.9 Å². The molecule has 1 aromatic rings. The molecule has 1 aliphatic heterocycles. The number of hydrogen-bond donors (Lipinski definition) is 1. The van der Waals surface area contributed by atoms with E-state index in [1.807, 2.05) is 6.07 Å². The number of hydrogen-bond acceptors (Lipinski definition) is 2. The lowest BCUT2D eigenvalue weighted by atomic mass is 9.93. The minimum atomic E-state index is -0.170. The fourth-order valence-corrected chi connectivity index (χ4v) is 2.47. The second-order valence-corrected chi connectivity index (χ2v) is 5.95. The predicted molar refractivity (Wildman–Crippen MR) is 75.8 cm³/mol. The van der Waals surface area contributed by atoms with Gasteiger partial charge in [-0.2, -0.15) is 0 Å². The van der Waals surface area contributed by atoms with Crippen LogP contribution in [0.15, 0.2) is 18.2 Å². The average Bonchev–Trinajstić information content (AvgIpc) is 2.44. The van der Waals surface area contributed by atoms with Gasteiger partial charge in [0, 0.05) is 19.6 Å². The highest BCUT2D eigenvalue weighted by Gasteiger charge is 2.27. The Morgan fingerprint density at radius 1 is 1.39 bits per heavy atom. The van der Waals surface area contributed by atoms with Crippen LogP contribution in [0, 0.1) is 11.2 Å². The molecule has 1 aliphatic rings. The molecule has 0 fully saturated rings. The number of nitrogens with zero attached hydrogens (tertiary/aromatic N) is 1. The summed E-state index contributed by atoms with van der Waals surface area (Å²) in [5.41, 5.74) is 2.26. The highest BCUT2D eigenvalue weighted by Crippen LogP contribution is 2.34. The maximum absolute atomic E-state index is 13.3. The minimum Gasteiger partial charge on any atom is -0.383 e. The quantitative estimate of drug-likeness (QED) is 0.875. The Kier molecular flexibility index (Phi) is 3.79. The number of unbranched alkanes of at least 4 members (excludes halogenated alkanes) is 1. The van der Waals surface area contributed by atoms with Gasteiger partial charge in [0.15, 0.2) is 0 Å². The van der Waals surface area contributed by atoms with Gasteiger partial charge in [-0.3, -0.25) is 0 Å². The molecule has 100 valence electrons. The summed E-state index contributed by atoms with van der Waals surface area (Å²) in [6.07, 6.45) is 2.35. The standard InChI is InChI=1S/C15H23FN2/c1-4-5-8-18-11-15(2,3)10-17-13-9-12(16)6-7-14(13)18/h6-7,9,17H,4-5,8,10-11H2,1-3H3. The molecule has 0 radical (unpaired) electrons. The van der Waals surface area contributed by atoms with Crippen LogP contribution in [0.25, 0.3) is 0 Å². The van der Waals surface area contributed by atoms with Gasteiger partial charge in [-0.1, -0.05) is 27.2 Å². The molecule has 1 aromatic carbocycles. The summed E-state index contributed by atoms with van der Waals surface area (Å²) >= 11 is 0. The Balaban J connectivity index is 2.30. The highest BCUT2D eigenvalue weighted by molar-refractivity contribution is 5.71. The molecule has 0 aliphatic carbocycles. The molecule has 3 heteroatoms. The van der Waals surface area contributed by atoms with Crippen LogP contribution in [-0.2, 0) is 0 Å². The average molecular weight is 250 g/mol. The van der Waals surface area contributed by atoms with E-state index in [1.165, 1.54) is 12.8 Å². The van der Waals surface area contributed by atoms with E-state index in [0.29, 0.717) is 0 Å². The summed E-state index contributed by atoms with van der Waals surface area (Å²) in [6, 6.07) is 5.06. The van der Waals surface area contributed by atoms with Crippen molar-refractivity contribution in [3.8, 4) is 0 Å². The summed E-state index contributed by atoms with van der Waals surface area (Å²) < 4.78 is 13.3. The number of anilines is 2. The number of rotatable bonds is 3. The van der Waals surface area contributed by atoms with Crippen molar-refractivity contribution in [3.05, 3.63) is 24.0 Å². The van der Waals surface area contributed by atoms with E-state index in [1.54, 1.807) is 12.1 Å². The zero-order valence-electron chi connectivity index (χ0n) is 11.6. The number of halogens is 1. The van der Waals surface area contributed by atoms with Crippen LogP contribution in [0.3, 0.4) is 0 Å². The van der Waals surface area contributed by atoms with Gasteiger partial charge in [0.1, 0.15) is 5.82 Å². The van der Waals surface area contributed by atoms with E-state index >= 15 is 0 Å². The molecular weight excluding hydrogens is 227 g/mol. The van der Waals surface area contributed by atoms with Crippen LogP contribution in [0.2, 0.25) is 0 Å². The van der Waals surface area contributed by atoms with E-state index in [9.17, 15) is 4.39 Å². The van der Waals surface area contributed by atoms with Crippen molar-refractivity contribution in [1.82, 2.24) is 0 Å². The van der Waals surface area contributed by atoms with Crippen LogP contribution in [0.5, 0.6) is 0 Å². The molecule has 0 atom stereocenters. The van der Waals surface area contributed by atoms with Crippen LogP contribution < -0.4 is 10.2 Å². The first-order valence-corrected chi connectivity index (χ1v) is 6.80. The summed E-state index contributed by atoms with van der Waals surface area (Å²) in [6.45, 7) is 9.64. The van der Waals surface area contributed by atoms with Crippen molar-refractivity contribution in [2.24, 2.45) is 5.41 Å². The normalized spacial score (nSPS) is 17.9. The second-order valence-electron chi connectivity index (χ2n) is 5.95. The van der Waals surface area contributed by atoms with Crippen molar-refractivity contribution in [1.29, 1.82) is 0 Å². The van der Waals surface area contributed by atoms with Crippen molar-refractivity contribution in [3.63, 3.8) is 0 Å². The third-order valence-corrected chi connectivity index (χ3v) is 3.46. The Morgan fingerprint density at radius 2 is 2.17 bits per heavy atom. The lowest BCUT2D eigenvalue weighted by molar-refractivity contribution is 0.394. The van der Waals surface area contributed by atoms with Crippen LogP contribution >= 0.6 is 0 Å². The zero-order chi connectivity index (χ0) is 13.2. The molecule has 0 saturated carbocycles. The number of fused-ring (bicyclic) bond motifs is 1. The molecular formula is C15H23FN2. The minimum absolute atomic E-state index is 0.170. The van der Waals surface area contributed by atoms with Gasteiger partial charge in [-0.05, 0) is 30.0 Å². The SMILES string of the molecule is CCCCN1CC(C)(C)CNc2cc(F)ccc21. The summed E-state index contributed by atoms with van der Waals surface area (Å²) in [7, 11) is 0. The lowest BCUT2D eigenvalue weighted by Gasteiger charge is -2.31. The maximum Gasteiger partial charge on any atom is 0.125 e. The second kappa shape index (κ2) is 5.17. The molecule has 18 heavy (non-hydrogen) atoms. The molecule has 1 heterocycles. The largest absolute Gasteiger partial charge is 0.383 e. The summed E-state index contributed by atoms with van der Waals surface area (Å²) in [5, 5.41) is 3.38. The van der Waals surface area contributed by atoms with E-state index in [4.69, 9.17) is 0 Å². The van der Waals surface area contributed by atoms with Gasteiger partial charge in [-0.25, -0.2) is 4.39 Å². The first kappa shape index (κ1) is 13.2. The Bertz CT molecular complexity index is 415. The maximum atomic E-state index is 13.3. The molecule has 0 aromatic heterocycles. The first-order chi connectivity index (χ1) is 8.52. The zero-order valence-corrected chi connectivity index (χ0v) is 11.6. The molecule has 2 rings (SSSR count). The van der Waals surface area contributed by atoms with Gasteiger partial charge < -0.3 is 10.2 Å². The molecule has 1 N–H and O–H groups in total. The van der Waals surface area contributed by atoms with Crippen LogP contribution in [-0.4, -0.2) is 19.6 Å². The van der Waals surface area contributed by atoms with Crippen LogP contribution in [0.1, 0.15) is 33.6 Å². The smallest absolute Gasteiger partial charge is 0.125 e. The van der Waals surface area contributed by atoms with Gasteiger partial charge in [0.2, 0.25) is 0 Å². The molecule has 0 saturated heterocycles. The van der Waals surface area contributed by atoms with Gasteiger partial charge >= 0.3 is 0 Å². The van der Waals surface area contributed by atoms with E-state index in [2.05, 4.69) is 31.0 Å². The fourth-order valence-electron chi connectivity index (χ4n) is 2.47. The van der Waals surface area contributed by atoms with Gasteiger partial charge in [0.05, 0.1) is 11.4 Å². The van der Waals surface area contributed by atoms with Crippen molar-refractivity contribution >= 4 is 11.4 Å². The Morgan fingerprint density at radius 3 is 2.89 bits per heavy atom. The monoisotopic (exact) mass is 250 g/mol. The van der Waals surface area contributed by atoms with Gasteiger partial charge in [-0.15, -0.1) is 0 Å². The summed E-state index contributed by atoms with van der Waals surface area (Å²) in [5.74, 6) is -0.170. The van der Waals surface area contributed by atoms with Crippen molar-refractivity contribution < 1.29 is 4.39 Å². The van der Waals surface area contributed by atoms with E-state index in [0.717, 1.165) is 31.0 Å². The number of benzene rings is 1. The third-order valence-electron chi connectivity index (χ3n) is 3.46. The third kappa shape index (κ3) is 2.95. The first-order valence-electron chi connectivity index (χ1n) is 6.80.